The van der Waals surface area contributed by atoms with Gasteiger partial charge in [0.1, 0.15) is 0 Å². The lowest BCUT2D eigenvalue weighted by molar-refractivity contribution is -0.120. The van der Waals surface area contributed by atoms with Crippen LogP contribution in [0, 0.1) is 13.8 Å². The molecular formula is C23H23Cl2N3OS. The topological polar surface area (TPSA) is 46.4 Å². The summed E-state index contributed by atoms with van der Waals surface area (Å²) in [5, 5.41) is 4.98. The Kier molecular flexibility index (Phi) is 7.64. The summed E-state index contributed by atoms with van der Waals surface area (Å²) in [7, 11) is 0. The molecule has 0 radical (unpaired) electrons. The van der Waals surface area contributed by atoms with Gasteiger partial charge in [-0.3, -0.25) is 4.79 Å². The second kappa shape index (κ2) is 10.2. The van der Waals surface area contributed by atoms with Crippen molar-refractivity contribution in [1.82, 2.24) is 9.99 Å². The molecule has 0 aliphatic carbocycles. The van der Waals surface area contributed by atoms with Gasteiger partial charge in [-0.1, -0.05) is 53.5 Å². The third kappa shape index (κ3) is 5.48. The first-order chi connectivity index (χ1) is 14.4. The van der Waals surface area contributed by atoms with Crippen molar-refractivity contribution in [1.29, 1.82) is 0 Å². The number of benzene rings is 2. The Labute approximate surface area is 191 Å². The quantitative estimate of drug-likeness (QED) is 0.338. The van der Waals surface area contributed by atoms with Crippen molar-refractivity contribution >= 4 is 47.1 Å². The van der Waals surface area contributed by atoms with Gasteiger partial charge in [0.2, 0.25) is 0 Å². The number of amides is 1. The predicted octanol–water partition coefficient (Wildman–Crippen LogP) is 6.17. The fourth-order valence-corrected chi connectivity index (χ4v) is 4.20. The highest BCUT2D eigenvalue weighted by Crippen LogP contribution is 2.27. The molecule has 0 spiro atoms. The highest BCUT2D eigenvalue weighted by atomic mass is 35.5. The van der Waals surface area contributed by atoms with Gasteiger partial charge in [0.05, 0.1) is 21.5 Å². The van der Waals surface area contributed by atoms with E-state index in [2.05, 4.69) is 27.2 Å². The molecule has 1 N–H and O–H groups in total. The van der Waals surface area contributed by atoms with Gasteiger partial charge in [-0.2, -0.15) is 5.10 Å². The van der Waals surface area contributed by atoms with E-state index in [9.17, 15) is 4.79 Å². The van der Waals surface area contributed by atoms with E-state index < -0.39 is 0 Å². The molecule has 7 heteroatoms. The number of rotatable bonds is 7. The normalized spacial score (nSPS) is 12.3. The molecule has 1 aromatic heterocycles. The molecule has 30 heavy (non-hydrogen) atoms. The van der Waals surface area contributed by atoms with E-state index in [-0.39, 0.29) is 11.2 Å². The average Bonchev–Trinajstić information content (AvgIpc) is 3.02. The summed E-state index contributed by atoms with van der Waals surface area (Å²) < 4.78 is 2.07. The number of aryl methyl sites for hydroxylation is 1. The SMILES string of the molecule is Cc1cc(/C=N/NC(=O)C(C)SCc2ccccc2)c(C)n1-c1ccc(Cl)c(Cl)c1. The van der Waals surface area contributed by atoms with Crippen LogP contribution in [0.4, 0.5) is 0 Å². The number of carbonyl (C=O) groups is 1. The Morgan fingerprint density at radius 3 is 2.57 bits per heavy atom. The first kappa shape index (κ1) is 22.5. The van der Waals surface area contributed by atoms with Crippen molar-refractivity contribution in [2.24, 2.45) is 5.10 Å². The Hall–Kier alpha value is -2.21. The first-order valence-corrected chi connectivity index (χ1v) is 11.3. The van der Waals surface area contributed by atoms with Crippen LogP contribution in [0.25, 0.3) is 5.69 Å². The van der Waals surface area contributed by atoms with E-state index in [1.165, 1.54) is 5.56 Å². The Morgan fingerprint density at radius 2 is 1.87 bits per heavy atom. The van der Waals surface area contributed by atoms with Gasteiger partial charge >= 0.3 is 0 Å². The van der Waals surface area contributed by atoms with Crippen LogP contribution in [0.15, 0.2) is 59.7 Å². The van der Waals surface area contributed by atoms with Crippen molar-refractivity contribution < 1.29 is 4.79 Å². The largest absolute Gasteiger partial charge is 0.318 e. The van der Waals surface area contributed by atoms with Crippen LogP contribution in [0.3, 0.4) is 0 Å². The standard InChI is InChI=1S/C23H23Cl2N3OS/c1-15-11-19(16(2)28(15)20-9-10-21(24)22(25)12-20)13-26-27-23(29)17(3)30-14-18-7-5-4-6-8-18/h4-13,17H,14H2,1-3H3,(H,27,29)/b26-13+. The Bertz CT molecular complexity index is 1060. The second-order valence-electron chi connectivity index (χ2n) is 6.93. The van der Waals surface area contributed by atoms with Gasteiger partial charge < -0.3 is 4.57 Å². The van der Waals surface area contributed by atoms with Gasteiger partial charge in [-0.25, -0.2) is 5.43 Å². The molecule has 0 bridgehead atoms. The Morgan fingerprint density at radius 1 is 1.13 bits per heavy atom. The number of nitrogens with one attached hydrogen (secondary N) is 1. The van der Waals surface area contributed by atoms with E-state index in [1.54, 1.807) is 24.0 Å². The van der Waals surface area contributed by atoms with Gasteiger partial charge in [0, 0.05) is 28.4 Å². The van der Waals surface area contributed by atoms with Crippen LogP contribution in [-0.2, 0) is 10.5 Å². The molecular weight excluding hydrogens is 437 g/mol. The van der Waals surface area contributed by atoms with Crippen LogP contribution < -0.4 is 5.43 Å². The molecule has 0 aliphatic rings. The fourth-order valence-electron chi connectivity index (χ4n) is 3.07. The van der Waals surface area contributed by atoms with Gasteiger partial charge in [-0.15, -0.1) is 11.8 Å². The number of hydrazone groups is 1. The third-order valence-electron chi connectivity index (χ3n) is 4.72. The summed E-state index contributed by atoms with van der Waals surface area (Å²) in [6.45, 7) is 5.89. The van der Waals surface area contributed by atoms with Crippen LogP contribution in [0.5, 0.6) is 0 Å². The van der Waals surface area contributed by atoms with Gasteiger partial charge in [0.15, 0.2) is 0 Å². The minimum Gasteiger partial charge on any atom is -0.318 e. The van der Waals surface area contributed by atoms with Crippen LogP contribution >= 0.6 is 35.0 Å². The van der Waals surface area contributed by atoms with Crippen molar-refractivity contribution in [2.45, 2.75) is 31.8 Å². The minimum atomic E-state index is -0.203. The number of thioether (sulfide) groups is 1. The zero-order chi connectivity index (χ0) is 21.7. The number of aromatic nitrogens is 1. The maximum atomic E-state index is 12.3. The summed E-state index contributed by atoms with van der Waals surface area (Å²) in [5.74, 6) is 0.662. The third-order valence-corrected chi connectivity index (χ3v) is 6.68. The molecule has 3 rings (SSSR count). The van der Waals surface area contributed by atoms with E-state index in [4.69, 9.17) is 23.2 Å². The van der Waals surface area contributed by atoms with E-state index >= 15 is 0 Å². The van der Waals surface area contributed by atoms with E-state index in [0.717, 1.165) is 28.4 Å². The highest BCUT2D eigenvalue weighted by Gasteiger charge is 2.14. The number of halogens is 2. The number of carbonyl (C=O) groups excluding carboxylic acids is 1. The highest BCUT2D eigenvalue weighted by molar-refractivity contribution is 7.99. The molecule has 4 nitrogen and oxygen atoms in total. The molecule has 2 aromatic carbocycles. The van der Waals surface area contributed by atoms with E-state index in [0.29, 0.717) is 10.0 Å². The predicted molar refractivity (Wildman–Crippen MR) is 128 cm³/mol. The first-order valence-electron chi connectivity index (χ1n) is 9.49. The van der Waals surface area contributed by atoms with Crippen molar-refractivity contribution in [3.8, 4) is 5.69 Å². The molecule has 0 saturated heterocycles. The fraction of sp³-hybridized carbons (Fsp3) is 0.217. The summed E-state index contributed by atoms with van der Waals surface area (Å²) in [4.78, 5) is 12.3. The number of nitrogens with zero attached hydrogens (tertiary/aromatic N) is 2. The summed E-state index contributed by atoms with van der Waals surface area (Å²) in [6, 6.07) is 17.6. The van der Waals surface area contributed by atoms with Crippen LogP contribution in [-0.4, -0.2) is 21.9 Å². The maximum Gasteiger partial charge on any atom is 0.252 e. The average molecular weight is 460 g/mol. The summed E-state index contributed by atoms with van der Waals surface area (Å²) in [5.41, 5.74) is 7.71. The summed E-state index contributed by atoms with van der Waals surface area (Å²) >= 11 is 13.8. The van der Waals surface area contributed by atoms with Gasteiger partial charge in [-0.05, 0) is 50.6 Å². The lowest BCUT2D eigenvalue weighted by atomic mass is 10.2. The van der Waals surface area contributed by atoms with E-state index in [1.807, 2.05) is 57.2 Å². The molecule has 1 unspecified atom stereocenters. The zero-order valence-corrected chi connectivity index (χ0v) is 19.4. The monoisotopic (exact) mass is 459 g/mol. The number of hydrogen-bond acceptors (Lipinski definition) is 3. The smallest absolute Gasteiger partial charge is 0.252 e. The maximum absolute atomic E-state index is 12.3. The number of hydrogen-bond donors (Lipinski definition) is 1. The Balaban J connectivity index is 1.63. The molecule has 1 atom stereocenters. The molecule has 0 aliphatic heterocycles. The van der Waals surface area contributed by atoms with Gasteiger partial charge in [0.25, 0.3) is 5.91 Å². The van der Waals surface area contributed by atoms with Crippen molar-refractivity contribution in [2.75, 3.05) is 0 Å². The lowest BCUT2D eigenvalue weighted by Crippen LogP contribution is -2.27. The van der Waals surface area contributed by atoms with Crippen LogP contribution in [0.1, 0.15) is 29.4 Å². The van der Waals surface area contributed by atoms with Crippen molar-refractivity contribution in [3.63, 3.8) is 0 Å². The molecule has 1 amide bonds. The molecule has 0 saturated carbocycles. The molecule has 0 fully saturated rings. The molecule has 1 heterocycles. The second-order valence-corrected chi connectivity index (χ2v) is 9.08. The molecule has 3 aromatic rings. The van der Waals surface area contributed by atoms with Crippen molar-refractivity contribution in [3.05, 3.63) is 87.2 Å². The molecule has 156 valence electrons. The zero-order valence-electron chi connectivity index (χ0n) is 17.0. The summed E-state index contributed by atoms with van der Waals surface area (Å²) in [6.07, 6.45) is 1.67. The van der Waals surface area contributed by atoms with Crippen LogP contribution in [0.2, 0.25) is 10.0 Å². The lowest BCUT2D eigenvalue weighted by Gasteiger charge is -2.10. The minimum absolute atomic E-state index is 0.120.